The van der Waals surface area contributed by atoms with Crippen LogP contribution in [-0.4, -0.2) is 42.3 Å². The molecule has 19 heavy (non-hydrogen) atoms. The summed E-state index contributed by atoms with van der Waals surface area (Å²) in [5.74, 6) is -1.20. The van der Waals surface area contributed by atoms with E-state index in [2.05, 4.69) is 5.32 Å². The molecule has 1 aromatic carbocycles. The van der Waals surface area contributed by atoms with Crippen LogP contribution in [0.3, 0.4) is 0 Å². The maximum atomic E-state index is 12.0. The molecule has 1 heterocycles. The fraction of sp³-hybridized carbons (Fsp3) is 0.308. The van der Waals surface area contributed by atoms with Crippen LogP contribution in [0.4, 0.5) is 0 Å². The summed E-state index contributed by atoms with van der Waals surface area (Å²) in [6, 6.07) is 6.55. The summed E-state index contributed by atoms with van der Waals surface area (Å²) in [7, 11) is 0. The molecule has 0 fully saturated rings. The molecule has 0 aliphatic carbocycles. The molecule has 1 aliphatic heterocycles. The van der Waals surface area contributed by atoms with Gasteiger partial charge in [0.1, 0.15) is 6.54 Å². The van der Waals surface area contributed by atoms with Crippen LogP contribution in [0, 0.1) is 0 Å². The van der Waals surface area contributed by atoms with Gasteiger partial charge in [0.25, 0.3) is 11.8 Å². The van der Waals surface area contributed by atoms with Crippen LogP contribution in [0.1, 0.15) is 27.1 Å². The maximum absolute atomic E-state index is 12.0. The normalized spacial score (nSPS) is 13.6. The summed E-state index contributed by atoms with van der Waals surface area (Å²) in [6.07, 6.45) is 0.661. The van der Waals surface area contributed by atoms with E-state index >= 15 is 0 Å². The number of fused-ring (bicyclic) bond motifs is 1. The van der Waals surface area contributed by atoms with E-state index in [0.29, 0.717) is 30.6 Å². The summed E-state index contributed by atoms with van der Waals surface area (Å²) in [6.45, 7) is 0.669. The van der Waals surface area contributed by atoms with Crippen molar-refractivity contribution in [3.63, 3.8) is 0 Å². The topological polar surface area (TPSA) is 92.5 Å². The molecule has 6 heteroatoms. The zero-order valence-corrected chi connectivity index (χ0v) is 10.4. The van der Waals surface area contributed by atoms with Crippen molar-refractivity contribution in [1.82, 2.24) is 10.2 Å². The zero-order chi connectivity index (χ0) is 13.8. The lowest BCUT2D eigenvalue weighted by Crippen LogP contribution is -2.40. The average molecular weight is 261 g/mol. The quantitative estimate of drug-likeness (QED) is 0.564. The van der Waals surface area contributed by atoms with E-state index in [4.69, 9.17) is 5.73 Å². The van der Waals surface area contributed by atoms with E-state index < -0.39 is 11.8 Å². The molecule has 0 atom stereocenters. The van der Waals surface area contributed by atoms with E-state index in [-0.39, 0.29) is 12.5 Å². The first-order valence-electron chi connectivity index (χ1n) is 6.07. The monoisotopic (exact) mass is 261 g/mol. The summed E-state index contributed by atoms with van der Waals surface area (Å²) < 4.78 is 0. The third-order valence-electron chi connectivity index (χ3n) is 2.88. The second-order valence-corrected chi connectivity index (χ2v) is 4.23. The number of amides is 3. The Kier molecular flexibility index (Phi) is 3.91. The third-order valence-corrected chi connectivity index (χ3v) is 2.88. The number of rotatable bonds is 5. The van der Waals surface area contributed by atoms with E-state index in [1.54, 1.807) is 24.3 Å². The second-order valence-electron chi connectivity index (χ2n) is 4.23. The van der Waals surface area contributed by atoms with Gasteiger partial charge in [-0.25, -0.2) is 0 Å². The fourth-order valence-electron chi connectivity index (χ4n) is 1.91. The first-order chi connectivity index (χ1) is 9.15. The Labute approximate surface area is 110 Å². The van der Waals surface area contributed by atoms with Crippen molar-refractivity contribution in [3.05, 3.63) is 35.4 Å². The average Bonchev–Trinajstić information content (AvgIpc) is 2.65. The summed E-state index contributed by atoms with van der Waals surface area (Å²) in [5, 5.41) is 2.61. The van der Waals surface area contributed by atoms with Gasteiger partial charge in [-0.15, -0.1) is 0 Å². The Bertz CT molecular complexity index is 493. The molecule has 2 rings (SSSR count). The number of nitrogens with zero attached hydrogens (tertiary/aromatic N) is 1. The minimum Gasteiger partial charge on any atom is -0.354 e. The summed E-state index contributed by atoms with van der Waals surface area (Å²) >= 11 is 0. The van der Waals surface area contributed by atoms with Crippen LogP contribution in [0.5, 0.6) is 0 Å². The highest BCUT2D eigenvalue weighted by Crippen LogP contribution is 2.21. The minimum atomic E-state index is -0.422. The van der Waals surface area contributed by atoms with Gasteiger partial charge in [0.2, 0.25) is 5.91 Å². The Balaban J connectivity index is 2.02. The molecule has 0 bridgehead atoms. The first kappa shape index (κ1) is 13.2. The van der Waals surface area contributed by atoms with E-state index in [1.807, 2.05) is 0 Å². The van der Waals surface area contributed by atoms with E-state index in [9.17, 15) is 14.4 Å². The number of imide groups is 1. The van der Waals surface area contributed by atoms with Crippen molar-refractivity contribution in [1.29, 1.82) is 0 Å². The van der Waals surface area contributed by atoms with Gasteiger partial charge in [0.05, 0.1) is 11.1 Å². The molecule has 0 radical (unpaired) electrons. The van der Waals surface area contributed by atoms with Crippen LogP contribution in [0.25, 0.3) is 0 Å². The smallest absolute Gasteiger partial charge is 0.262 e. The fourth-order valence-corrected chi connectivity index (χ4v) is 1.91. The molecule has 6 nitrogen and oxygen atoms in total. The Morgan fingerprint density at radius 3 is 2.26 bits per heavy atom. The SMILES string of the molecule is NCCCNC(=O)CN1C(=O)c2ccccc2C1=O. The molecule has 3 N–H and O–H groups in total. The number of nitrogens with one attached hydrogen (secondary N) is 1. The van der Waals surface area contributed by atoms with Crippen molar-refractivity contribution < 1.29 is 14.4 Å². The first-order valence-corrected chi connectivity index (χ1v) is 6.07. The predicted molar refractivity (Wildman–Crippen MR) is 68.5 cm³/mol. The molecule has 0 spiro atoms. The van der Waals surface area contributed by atoms with Crippen LogP contribution in [-0.2, 0) is 4.79 Å². The van der Waals surface area contributed by atoms with E-state index in [1.165, 1.54) is 0 Å². The van der Waals surface area contributed by atoms with Gasteiger partial charge in [-0.05, 0) is 25.1 Å². The van der Waals surface area contributed by atoms with Crippen molar-refractivity contribution in [2.24, 2.45) is 5.73 Å². The maximum Gasteiger partial charge on any atom is 0.262 e. The molecule has 0 saturated heterocycles. The molecular weight excluding hydrogens is 246 g/mol. The Hall–Kier alpha value is -2.21. The van der Waals surface area contributed by atoms with Crippen LogP contribution in [0.15, 0.2) is 24.3 Å². The zero-order valence-electron chi connectivity index (χ0n) is 10.4. The van der Waals surface area contributed by atoms with Crippen molar-refractivity contribution in [3.8, 4) is 0 Å². The number of nitrogens with two attached hydrogens (primary N) is 1. The number of benzene rings is 1. The van der Waals surface area contributed by atoms with Crippen molar-refractivity contribution >= 4 is 17.7 Å². The molecule has 100 valence electrons. The van der Waals surface area contributed by atoms with Gasteiger partial charge < -0.3 is 11.1 Å². The molecule has 0 saturated carbocycles. The molecule has 3 amide bonds. The van der Waals surface area contributed by atoms with Crippen molar-refractivity contribution in [2.75, 3.05) is 19.6 Å². The summed E-state index contributed by atoms with van der Waals surface area (Å²) in [5.41, 5.74) is 6.01. The number of carbonyl (C=O) groups is 3. The summed E-state index contributed by atoms with van der Waals surface area (Å²) in [4.78, 5) is 36.5. The Morgan fingerprint density at radius 1 is 1.16 bits per heavy atom. The standard InChI is InChI=1S/C13H15N3O3/c14-6-3-7-15-11(17)8-16-12(18)9-4-1-2-5-10(9)13(16)19/h1-2,4-5H,3,6-8,14H2,(H,15,17). The molecule has 1 aliphatic rings. The number of carbonyl (C=O) groups excluding carboxylic acids is 3. The van der Waals surface area contributed by atoms with Crippen LogP contribution in [0.2, 0.25) is 0 Å². The van der Waals surface area contributed by atoms with Gasteiger partial charge in [-0.3, -0.25) is 19.3 Å². The van der Waals surface area contributed by atoms with E-state index in [0.717, 1.165) is 4.90 Å². The van der Waals surface area contributed by atoms with Gasteiger partial charge in [-0.2, -0.15) is 0 Å². The molecule has 0 unspecified atom stereocenters. The Morgan fingerprint density at radius 2 is 1.74 bits per heavy atom. The number of hydrogen-bond acceptors (Lipinski definition) is 4. The largest absolute Gasteiger partial charge is 0.354 e. The second kappa shape index (κ2) is 5.62. The molecule has 0 aromatic heterocycles. The van der Waals surface area contributed by atoms with Gasteiger partial charge >= 0.3 is 0 Å². The van der Waals surface area contributed by atoms with Gasteiger partial charge in [0.15, 0.2) is 0 Å². The van der Waals surface area contributed by atoms with Crippen LogP contribution >= 0.6 is 0 Å². The highest BCUT2D eigenvalue weighted by atomic mass is 16.2. The lowest BCUT2D eigenvalue weighted by molar-refractivity contribution is -0.121. The van der Waals surface area contributed by atoms with Crippen molar-refractivity contribution in [2.45, 2.75) is 6.42 Å². The predicted octanol–water partition coefficient (Wildman–Crippen LogP) is -0.252. The number of hydrogen-bond donors (Lipinski definition) is 2. The van der Waals surface area contributed by atoms with Gasteiger partial charge in [-0.1, -0.05) is 12.1 Å². The van der Waals surface area contributed by atoms with Gasteiger partial charge in [0, 0.05) is 6.54 Å². The lowest BCUT2D eigenvalue weighted by atomic mass is 10.1. The highest BCUT2D eigenvalue weighted by Gasteiger charge is 2.35. The molecule has 1 aromatic rings. The lowest BCUT2D eigenvalue weighted by Gasteiger charge is -2.13. The highest BCUT2D eigenvalue weighted by molar-refractivity contribution is 6.22. The minimum absolute atomic E-state index is 0.253. The third kappa shape index (κ3) is 2.63. The van der Waals surface area contributed by atoms with Crippen LogP contribution < -0.4 is 11.1 Å². The molecular formula is C13H15N3O3.